The van der Waals surface area contributed by atoms with Gasteiger partial charge < -0.3 is 5.32 Å². The number of amides is 5. The van der Waals surface area contributed by atoms with E-state index in [9.17, 15) is 19.2 Å². The maximum atomic E-state index is 12.6. The number of carbonyl (C=O) groups is 4. The third kappa shape index (κ3) is 3.59. The summed E-state index contributed by atoms with van der Waals surface area (Å²) >= 11 is 0. The monoisotopic (exact) mass is 371 g/mol. The molecule has 1 saturated heterocycles. The number of hydrogen-bond donors (Lipinski definition) is 1. The summed E-state index contributed by atoms with van der Waals surface area (Å²) in [5.41, 5.74) is 2.70. The Morgan fingerprint density at radius 3 is 2.07 bits per heavy atom. The summed E-state index contributed by atoms with van der Waals surface area (Å²) in [6, 6.07) is 4.98. The number of para-hydroxylation sites is 1. The van der Waals surface area contributed by atoms with Crippen LogP contribution in [0.25, 0.3) is 0 Å². The van der Waals surface area contributed by atoms with Crippen molar-refractivity contribution in [3.63, 3.8) is 0 Å². The topological polar surface area (TPSA) is 86.8 Å². The van der Waals surface area contributed by atoms with Crippen molar-refractivity contribution >= 4 is 29.4 Å². The zero-order valence-electron chi connectivity index (χ0n) is 16.1. The number of carbonyl (C=O) groups excluding carboxylic acids is 4. The number of nitrogens with zero attached hydrogens (tertiary/aromatic N) is 2. The van der Waals surface area contributed by atoms with Crippen molar-refractivity contribution in [2.45, 2.75) is 58.4 Å². The second kappa shape index (κ2) is 7.13. The maximum Gasteiger partial charge on any atom is 0.334 e. The summed E-state index contributed by atoms with van der Waals surface area (Å²) < 4.78 is 0. The van der Waals surface area contributed by atoms with Gasteiger partial charge in [0.25, 0.3) is 0 Å². The Bertz CT molecular complexity index is 785. The van der Waals surface area contributed by atoms with Crippen molar-refractivity contribution in [1.82, 2.24) is 9.80 Å². The van der Waals surface area contributed by atoms with Crippen LogP contribution in [-0.2, 0) is 14.4 Å². The van der Waals surface area contributed by atoms with Crippen LogP contribution >= 0.6 is 0 Å². The third-order valence-corrected chi connectivity index (χ3v) is 4.93. The Morgan fingerprint density at radius 1 is 1.04 bits per heavy atom. The van der Waals surface area contributed by atoms with E-state index in [-0.39, 0.29) is 17.9 Å². The van der Waals surface area contributed by atoms with E-state index in [1.54, 1.807) is 0 Å². The van der Waals surface area contributed by atoms with E-state index in [1.165, 1.54) is 0 Å². The van der Waals surface area contributed by atoms with Gasteiger partial charge in [-0.1, -0.05) is 45.9 Å². The predicted octanol–water partition coefficient (Wildman–Crippen LogP) is 2.83. The Kier molecular flexibility index (Phi) is 5.04. The summed E-state index contributed by atoms with van der Waals surface area (Å²) in [6.45, 7) is 7.68. The van der Waals surface area contributed by atoms with Crippen molar-refractivity contribution in [3.05, 3.63) is 29.3 Å². The summed E-state index contributed by atoms with van der Waals surface area (Å²) in [7, 11) is 0. The molecule has 144 valence electrons. The number of benzene rings is 1. The molecular weight excluding hydrogens is 346 g/mol. The lowest BCUT2D eigenvalue weighted by Gasteiger charge is -2.21. The molecule has 27 heavy (non-hydrogen) atoms. The van der Waals surface area contributed by atoms with Gasteiger partial charge in [-0.3, -0.25) is 19.3 Å². The summed E-state index contributed by atoms with van der Waals surface area (Å²) in [5.74, 6) is -1.86. The van der Waals surface area contributed by atoms with Crippen LogP contribution in [0.3, 0.4) is 0 Å². The number of nitrogens with one attached hydrogen (secondary N) is 1. The molecular formula is C20H25N3O4. The fraction of sp³-hybridized carbons (Fsp3) is 0.500. The van der Waals surface area contributed by atoms with Gasteiger partial charge in [0.2, 0.25) is 5.91 Å². The molecule has 7 heteroatoms. The van der Waals surface area contributed by atoms with Crippen LogP contribution in [0.2, 0.25) is 0 Å². The minimum atomic E-state index is -0.928. The lowest BCUT2D eigenvalue weighted by atomic mass is 9.92. The molecule has 0 bridgehead atoms. The molecule has 0 atom stereocenters. The molecule has 1 aliphatic carbocycles. The summed E-state index contributed by atoms with van der Waals surface area (Å²) in [4.78, 5) is 50.9. The molecule has 1 aliphatic heterocycles. The molecule has 0 radical (unpaired) electrons. The number of hydrogen-bond acceptors (Lipinski definition) is 4. The van der Waals surface area contributed by atoms with E-state index >= 15 is 0 Å². The first-order chi connectivity index (χ1) is 12.7. The van der Waals surface area contributed by atoms with E-state index in [2.05, 4.69) is 5.32 Å². The normalized spacial score (nSPS) is 17.5. The first kappa shape index (κ1) is 19.1. The Balaban J connectivity index is 1.79. The molecule has 3 rings (SSSR count). The molecule has 2 aliphatic rings. The summed E-state index contributed by atoms with van der Waals surface area (Å²) in [6.07, 6.45) is 1.43. The van der Waals surface area contributed by atoms with Gasteiger partial charge in [-0.05, 0) is 35.8 Å². The largest absolute Gasteiger partial charge is 0.334 e. The maximum absolute atomic E-state index is 12.6. The zero-order chi connectivity index (χ0) is 19.9. The van der Waals surface area contributed by atoms with Gasteiger partial charge >= 0.3 is 17.8 Å². The molecule has 1 N–H and O–H groups in total. The average Bonchev–Trinajstić information content (AvgIpc) is 3.40. The highest BCUT2D eigenvalue weighted by molar-refractivity contribution is 6.45. The first-order valence-corrected chi connectivity index (χ1v) is 9.34. The van der Waals surface area contributed by atoms with Crippen LogP contribution in [0.5, 0.6) is 0 Å². The van der Waals surface area contributed by atoms with Crippen LogP contribution in [0.4, 0.5) is 10.5 Å². The molecule has 7 nitrogen and oxygen atoms in total. The highest BCUT2D eigenvalue weighted by Crippen LogP contribution is 2.33. The minimum absolute atomic E-state index is 0.195. The number of rotatable bonds is 6. The van der Waals surface area contributed by atoms with Gasteiger partial charge in [0, 0.05) is 11.7 Å². The van der Waals surface area contributed by atoms with Crippen LogP contribution in [0, 0.1) is 0 Å². The zero-order valence-corrected chi connectivity index (χ0v) is 16.1. The SMILES string of the molecule is CC(C)c1cccc(C(C)C)c1NC(=O)CN1C(=O)C(=O)N(C2CC2)C1=O. The lowest BCUT2D eigenvalue weighted by molar-refractivity contribution is -0.143. The van der Waals surface area contributed by atoms with Crippen LogP contribution in [0.15, 0.2) is 18.2 Å². The average molecular weight is 371 g/mol. The Labute approximate surface area is 158 Å². The van der Waals surface area contributed by atoms with Gasteiger partial charge in [0.1, 0.15) is 6.54 Å². The van der Waals surface area contributed by atoms with Crippen molar-refractivity contribution < 1.29 is 19.2 Å². The van der Waals surface area contributed by atoms with E-state index in [0.29, 0.717) is 12.8 Å². The van der Waals surface area contributed by atoms with E-state index < -0.39 is 30.3 Å². The molecule has 1 heterocycles. The molecule has 1 aromatic rings. The first-order valence-electron chi connectivity index (χ1n) is 9.34. The van der Waals surface area contributed by atoms with E-state index in [1.807, 2.05) is 45.9 Å². The predicted molar refractivity (Wildman–Crippen MR) is 100 cm³/mol. The van der Waals surface area contributed by atoms with E-state index in [4.69, 9.17) is 0 Å². The van der Waals surface area contributed by atoms with Crippen LogP contribution in [-0.4, -0.2) is 46.1 Å². The van der Waals surface area contributed by atoms with Gasteiger partial charge in [-0.25, -0.2) is 9.69 Å². The number of imide groups is 2. The standard InChI is InChI=1S/C20H25N3O4/c1-11(2)14-6-5-7-15(12(3)4)17(14)21-16(24)10-22-18(25)19(26)23(20(22)27)13-8-9-13/h5-7,11-13H,8-10H2,1-4H3,(H,21,24). The van der Waals surface area contributed by atoms with Gasteiger partial charge in [-0.15, -0.1) is 0 Å². The van der Waals surface area contributed by atoms with Crippen molar-refractivity contribution in [2.24, 2.45) is 0 Å². The van der Waals surface area contributed by atoms with Crippen molar-refractivity contribution in [1.29, 1.82) is 0 Å². The fourth-order valence-electron chi connectivity index (χ4n) is 3.33. The molecule has 0 spiro atoms. The lowest BCUT2D eigenvalue weighted by Crippen LogP contribution is -2.39. The van der Waals surface area contributed by atoms with Crippen LogP contribution in [0.1, 0.15) is 63.5 Å². The van der Waals surface area contributed by atoms with Crippen molar-refractivity contribution in [2.75, 3.05) is 11.9 Å². The third-order valence-electron chi connectivity index (χ3n) is 4.93. The second-order valence-electron chi connectivity index (χ2n) is 7.75. The van der Waals surface area contributed by atoms with Crippen molar-refractivity contribution in [3.8, 4) is 0 Å². The molecule has 1 saturated carbocycles. The molecule has 2 fully saturated rings. The van der Waals surface area contributed by atoms with E-state index in [0.717, 1.165) is 26.6 Å². The number of urea groups is 1. The Morgan fingerprint density at radius 2 is 1.59 bits per heavy atom. The smallest absolute Gasteiger partial charge is 0.324 e. The highest BCUT2D eigenvalue weighted by atomic mass is 16.2. The quantitative estimate of drug-likeness (QED) is 0.615. The van der Waals surface area contributed by atoms with Gasteiger partial charge in [0.15, 0.2) is 0 Å². The highest BCUT2D eigenvalue weighted by Gasteiger charge is 2.51. The Hall–Kier alpha value is -2.70. The van der Waals surface area contributed by atoms with Gasteiger partial charge in [0.05, 0.1) is 0 Å². The number of anilines is 1. The molecule has 0 aromatic heterocycles. The van der Waals surface area contributed by atoms with Crippen LogP contribution < -0.4 is 5.32 Å². The summed E-state index contributed by atoms with van der Waals surface area (Å²) in [5, 5.41) is 2.87. The fourth-order valence-corrected chi connectivity index (χ4v) is 3.33. The molecule has 1 aromatic carbocycles. The van der Waals surface area contributed by atoms with Gasteiger partial charge in [-0.2, -0.15) is 0 Å². The molecule has 5 amide bonds. The second-order valence-corrected chi connectivity index (χ2v) is 7.75. The minimum Gasteiger partial charge on any atom is -0.324 e. The molecule has 0 unspecified atom stereocenters.